The van der Waals surface area contributed by atoms with Gasteiger partial charge in [-0.05, 0) is 83.5 Å². The van der Waals surface area contributed by atoms with Crippen LogP contribution in [0.5, 0.6) is 0 Å². The van der Waals surface area contributed by atoms with Crippen LogP contribution in [0.4, 0.5) is 0 Å². The second-order valence-electron chi connectivity index (χ2n) is 26.0. The summed E-state index contributed by atoms with van der Waals surface area (Å²) in [5.41, 5.74) is 0. The topological polar surface area (TPSA) is 307 Å². The van der Waals surface area contributed by atoms with E-state index < -0.39 is 124 Å². The smallest absolute Gasteiger partial charge is 0.220 e. The zero-order valence-electron chi connectivity index (χ0n) is 58.1. The average molecular weight is 1350 g/mol. The number of allylic oxidation sites excluding steroid dienone is 15. The zero-order valence-corrected chi connectivity index (χ0v) is 58.1. The highest BCUT2D eigenvalue weighted by Gasteiger charge is 2.53. The first-order chi connectivity index (χ1) is 46.3. The van der Waals surface area contributed by atoms with Crippen LogP contribution in [0, 0.1) is 0 Å². The summed E-state index contributed by atoms with van der Waals surface area (Å²) in [4.78, 5) is 13.4. The van der Waals surface area contributed by atoms with Crippen LogP contribution in [0.25, 0.3) is 0 Å². The molecule has 1 amide bonds. The predicted molar refractivity (Wildman–Crippen MR) is 374 cm³/mol. The maximum absolute atomic E-state index is 13.4. The van der Waals surface area contributed by atoms with E-state index in [4.69, 9.17) is 28.4 Å². The summed E-state index contributed by atoms with van der Waals surface area (Å²) in [7, 11) is 0. The van der Waals surface area contributed by atoms with Gasteiger partial charge in [-0.2, -0.15) is 0 Å². The van der Waals surface area contributed by atoms with Gasteiger partial charge in [-0.1, -0.05) is 252 Å². The number of aliphatic hydroxyl groups is 11. The van der Waals surface area contributed by atoms with Crippen molar-refractivity contribution in [3.8, 4) is 0 Å². The van der Waals surface area contributed by atoms with Crippen molar-refractivity contribution in [2.24, 2.45) is 0 Å². The Labute approximate surface area is 571 Å². The van der Waals surface area contributed by atoms with Crippen molar-refractivity contribution < 1.29 is 89.4 Å². The van der Waals surface area contributed by atoms with Gasteiger partial charge in [-0.25, -0.2) is 0 Å². The largest absolute Gasteiger partial charge is 0.394 e. The van der Waals surface area contributed by atoms with Crippen molar-refractivity contribution in [1.82, 2.24) is 5.32 Å². The van der Waals surface area contributed by atoms with E-state index in [-0.39, 0.29) is 18.9 Å². The maximum atomic E-state index is 13.4. The van der Waals surface area contributed by atoms with E-state index in [1.165, 1.54) is 128 Å². The van der Waals surface area contributed by atoms with E-state index in [0.29, 0.717) is 12.8 Å². The lowest BCUT2D eigenvalue weighted by molar-refractivity contribution is -0.379. The zero-order chi connectivity index (χ0) is 68.9. The number of unbranched alkanes of at least 4 members (excludes halogenated alkanes) is 26. The normalized spacial score (nSPS) is 27.8. The molecule has 19 heteroatoms. The Balaban J connectivity index is 1.44. The summed E-state index contributed by atoms with van der Waals surface area (Å²) in [6.07, 6.45) is 48.1. The van der Waals surface area contributed by atoms with Crippen LogP contribution < -0.4 is 5.32 Å². The Kier molecular flexibility index (Phi) is 51.1. The number of carbonyl (C=O) groups is 1. The molecule has 548 valence electrons. The summed E-state index contributed by atoms with van der Waals surface area (Å²) >= 11 is 0. The molecular weight excluding hydrogens is 1210 g/mol. The van der Waals surface area contributed by atoms with Crippen molar-refractivity contribution in [3.05, 3.63) is 97.2 Å². The third-order valence-electron chi connectivity index (χ3n) is 17.9. The van der Waals surface area contributed by atoms with Crippen molar-refractivity contribution in [1.29, 1.82) is 0 Å². The van der Waals surface area contributed by atoms with Gasteiger partial charge in [0.05, 0.1) is 38.6 Å². The fraction of sp³-hybridized carbons (Fsp3) is 0.776. The molecule has 19 nitrogen and oxygen atoms in total. The van der Waals surface area contributed by atoms with Gasteiger partial charge in [0.2, 0.25) is 5.91 Å². The molecule has 0 spiro atoms. The third-order valence-corrected chi connectivity index (χ3v) is 17.9. The lowest BCUT2D eigenvalue weighted by Gasteiger charge is -2.48. The summed E-state index contributed by atoms with van der Waals surface area (Å²) < 4.78 is 34.4. The Morgan fingerprint density at radius 1 is 0.389 bits per heavy atom. The van der Waals surface area contributed by atoms with Crippen molar-refractivity contribution >= 4 is 5.91 Å². The van der Waals surface area contributed by atoms with Crippen LogP contribution in [-0.2, 0) is 33.2 Å². The minimum atomic E-state index is -1.99. The molecule has 3 aliphatic heterocycles. The van der Waals surface area contributed by atoms with Crippen LogP contribution in [0.3, 0.4) is 0 Å². The van der Waals surface area contributed by atoms with Gasteiger partial charge in [-0.3, -0.25) is 4.79 Å². The molecule has 0 aromatic carbocycles. The SMILES string of the molecule is CC/C=C\C/C=C\C/C=C\C/C=C\C/C=C\C/C=C\CCCCCCC(=O)NC(COC1OC(CO)C(OC2OC(CO)C(OC3OC(CO)C(O)C(O)C3O)C(O)C2O)C(O)C1O)C(O)/C=C/CC/C=C/CCCCCCCCCCCCCCCCCCCCCCC. The molecule has 95 heavy (non-hydrogen) atoms. The minimum absolute atomic E-state index is 0.200. The second kappa shape index (κ2) is 56.5. The van der Waals surface area contributed by atoms with Crippen molar-refractivity contribution in [3.63, 3.8) is 0 Å². The monoisotopic (exact) mass is 1350 g/mol. The van der Waals surface area contributed by atoms with Gasteiger partial charge in [0.25, 0.3) is 0 Å². The number of aliphatic hydroxyl groups excluding tert-OH is 11. The van der Waals surface area contributed by atoms with Gasteiger partial charge in [0, 0.05) is 6.42 Å². The standard InChI is InChI=1S/C76H131NO18/c1-3-5-7-9-11-13-15-17-19-21-23-25-27-28-29-30-32-33-35-37-39-41-43-45-47-49-51-53-60(81)59(77-64(82)54-52-50-48-46-44-42-40-38-36-34-31-26-24-22-20-18-16-14-12-10-8-6-4-2)58-90-74-70(88)67(85)72(62(56-79)92-74)95-76-71(89)68(86)73(63(57-80)93-76)94-75-69(87)66(84)65(83)61(55-78)91-75/h6,8,12,14,18,20,24,26,34,36,40,42-43,45,51,53,59-63,65-76,78-81,83-89H,3-5,7,9-11,13,15-17,19,21-23,25,27-33,35,37-39,41,44,46-50,52,54-58H2,1-2H3,(H,77,82)/b8-6-,14-12-,20-18-,26-24-,36-34-,42-40-,45-43+,53-51+. The van der Waals surface area contributed by atoms with Crippen molar-refractivity contribution in [2.45, 2.75) is 349 Å². The molecular formula is C76H131NO18. The van der Waals surface area contributed by atoms with Gasteiger partial charge in [0.1, 0.15) is 73.2 Å². The van der Waals surface area contributed by atoms with Gasteiger partial charge >= 0.3 is 0 Å². The van der Waals surface area contributed by atoms with Crippen molar-refractivity contribution in [2.75, 3.05) is 26.4 Å². The molecule has 3 fully saturated rings. The van der Waals surface area contributed by atoms with Gasteiger partial charge in [0.15, 0.2) is 18.9 Å². The third kappa shape index (κ3) is 37.6. The highest BCUT2D eigenvalue weighted by Crippen LogP contribution is 2.33. The molecule has 3 heterocycles. The highest BCUT2D eigenvalue weighted by molar-refractivity contribution is 5.76. The molecule has 3 rings (SSSR count). The van der Waals surface area contributed by atoms with Gasteiger partial charge in [-0.15, -0.1) is 0 Å². The number of nitrogens with one attached hydrogen (secondary N) is 1. The van der Waals surface area contributed by atoms with E-state index >= 15 is 0 Å². The lowest BCUT2D eigenvalue weighted by Crippen LogP contribution is -2.66. The quantitative estimate of drug-likeness (QED) is 0.0199. The first-order valence-electron chi connectivity index (χ1n) is 37.0. The highest BCUT2D eigenvalue weighted by atomic mass is 16.8. The molecule has 0 saturated carbocycles. The number of hydrogen-bond acceptors (Lipinski definition) is 18. The molecule has 0 bridgehead atoms. The number of amides is 1. The van der Waals surface area contributed by atoms with E-state index in [9.17, 15) is 61.0 Å². The molecule has 3 saturated heterocycles. The van der Waals surface area contributed by atoms with Crippen LogP contribution in [0.1, 0.15) is 245 Å². The Hall–Kier alpha value is -3.29. The molecule has 0 aliphatic carbocycles. The Morgan fingerprint density at radius 3 is 1.18 bits per heavy atom. The fourth-order valence-electron chi connectivity index (χ4n) is 11.9. The lowest BCUT2D eigenvalue weighted by atomic mass is 9.96. The van der Waals surface area contributed by atoms with E-state index in [2.05, 4.69) is 104 Å². The predicted octanol–water partition coefficient (Wildman–Crippen LogP) is 10.8. The minimum Gasteiger partial charge on any atom is -0.394 e. The summed E-state index contributed by atoms with van der Waals surface area (Å²) in [6.45, 7) is 1.59. The van der Waals surface area contributed by atoms with Crippen LogP contribution in [0.2, 0.25) is 0 Å². The second-order valence-corrected chi connectivity index (χ2v) is 26.0. The Bertz CT molecular complexity index is 2100. The molecule has 17 atom stereocenters. The summed E-state index contributed by atoms with van der Waals surface area (Å²) in [5, 5.41) is 121. The average Bonchev–Trinajstić information content (AvgIpc) is 0.787. The number of hydrogen-bond donors (Lipinski definition) is 12. The molecule has 12 N–H and O–H groups in total. The first-order valence-corrected chi connectivity index (χ1v) is 37.0. The van der Waals surface area contributed by atoms with Crippen LogP contribution >= 0.6 is 0 Å². The number of ether oxygens (including phenoxy) is 6. The number of rotatable bonds is 56. The summed E-state index contributed by atoms with van der Waals surface area (Å²) in [5.74, 6) is -0.312. The Morgan fingerprint density at radius 2 is 0.737 bits per heavy atom. The van der Waals surface area contributed by atoms with E-state index in [0.717, 1.165) is 83.5 Å². The van der Waals surface area contributed by atoms with Crippen LogP contribution in [0.15, 0.2) is 97.2 Å². The summed E-state index contributed by atoms with van der Waals surface area (Å²) in [6, 6.07) is -1.01. The molecule has 0 aromatic heterocycles. The molecule has 0 aromatic rings. The maximum Gasteiger partial charge on any atom is 0.220 e. The molecule has 17 unspecified atom stereocenters. The number of carbonyl (C=O) groups excluding carboxylic acids is 1. The first kappa shape index (κ1) is 85.9. The molecule has 0 radical (unpaired) electrons. The van der Waals surface area contributed by atoms with E-state index in [1.54, 1.807) is 6.08 Å². The molecule has 3 aliphatic rings. The van der Waals surface area contributed by atoms with Gasteiger partial charge < -0.3 is 89.9 Å². The fourth-order valence-corrected chi connectivity index (χ4v) is 11.9. The van der Waals surface area contributed by atoms with Crippen LogP contribution in [-0.4, -0.2) is 193 Å². The van der Waals surface area contributed by atoms with E-state index in [1.807, 2.05) is 6.08 Å².